The van der Waals surface area contributed by atoms with E-state index in [0.717, 1.165) is 27.3 Å². The van der Waals surface area contributed by atoms with Gasteiger partial charge < -0.3 is 10.4 Å². The molecule has 1 atom stereocenters. The van der Waals surface area contributed by atoms with Crippen LogP contribution in [0.1, 0.15) is 30.5 Å². The number of aliphatic hydroxyl groups excluding tert-OH is 1. The quantitative estimate of drug-likeness (QED) is 0.737. The SMILES string of the molecule is CC(=O)Nc1cc(-c2sc([C@H](C)O)nc2-c2cccc(C)c2)ccn1. The van der Waals surface area contributed by atoms with E-state index in [1.807, 2.05) is 37.3 Å². The fraction of sp³-hybridized carbons (Fsp3) is 0.211. The minimum Gasteiger partial charge on any atom is -0.386 e. The van der Waals surface area contributed by atoms with E-state index in [0.29, 0.717) is 10.8 Å². The predicted octanol–water partition coefficient (Wildman–Crippen LogP) is 4.19. The maximum Gasteiger partial charge on any atom is 0.222 e. The zero-order chi connectivity index (χ0) is 18.0. The first-order valence-corrected chi connectivity index (χ1v) is 8.75. The minimum absolute atomic E-state index is 0.169. The van der Waals surface area contributed by atoms with Crippen molar-refractivity contribution in [3.8, 4) is 21.7 Å². The highest BCUT2D eigenvalue weighted by Crippen LogP contribution is 2.39. The normalized spacial score (nSPS) is 12.0. The number of aliphatic hydroxyl groups is 1. The lowest BCUT2D eigenvalue weighted by Crippen LogP contribution is -2.07. The summed E-state index contributed by atoms with van der Waals surface area (Å²) < 4.78 is 0. The van der Waals surface area contributed by atoms with E-state index in [2.05, 4.69) is 21.4 Å². The van der Waals surface area contributed by atoms with E-state index in [-0.39, 0.29) is 5.91 Å². The molecule has 128 valence electrons. The summed E-state index contributed by atoms with van der Waals surface area (Å²) in [6.07, 6.45) is 1.02. The second-order valence-electron chi connectivity index (χ2n) is 5.89. The van der Waals surface area contributed by atoms with Crippen molar-refractivity contribution >= 4 is 23.1 Å². The number of thiazole rings is 1. The number of hydrogen-bond donors (Lipinski definition) is 2. The van der Waals surface area contributed by atoms with Gasteiger partial charge in [-0.25, -0.2) is 9.97 Å². The summed E-state index contributed by atoms with van der Waals surface area (Å²) >= 11 is 1.45. The molecule has 2 N–H and O–H groups in total. The minimum atomic E-state index is -0.640. The number of hydrogen-bond acceptors (Lipinski definition) is 5. The fourth-order valence-electron chi connectivity index (χ4n) is 2.52. The van der Waals surface area contributed by atoms with Crippen LogP contribution in [0, 0.1) is 6.92 Å². The van der Waals surface area contributed by atoms with Gasteiger partial charge in [0.25, 0.3) is 0 Å². The third-order valence-electron chi connectivity index (χ3n) is 3.62. The summed E-state index contributed by atoms with van der Waals surface area (Å²) in [5, 5.41) is 13.3. The second-order valence-corrected chi connectivity index (χ2v) is 6.92. The summed E-state index contributed by atoms with van der Waals surface area (Å²) in [5.41, 5.74) is 3.86. The molecule has 0 radical (unpaired) electrons. The third-order valence-corrected chi connectivity index (χ3v) is 4.89. The number of pyridine rings is 1. The van der Waals surface area contributed by atoms with Gasteiger partial charge in [-0.2, -0.15) is 0 Å². The molecule has 3 rings (SSSR count). The van der Waals surface area contributed by atoms with Crippen molar-refractivity contribution in [3.05, 3.63) is 53.2 Å². The first-order chi connectivity index (χ1) is 11.9. The zero-order valence-corrected chi connectivity index (χ0v) is 15.1. The highest BCUT2D eigenvalue weighted by atomic mass is 32.1. The number of amides is 1. The van der Waals surface area contributed by atoms with Crippen molar-refractivity contribution in [1.82, 2.24) is 9.97 Å². The molecule has 0 saturated heterocycles. The Bertz CT molecular complexity index is 919. The van der Waals surface area contributed by atoms with Crippen molar-refractivity contribution in [2.24, 2.45) is 0 Å². The average Bonchev–Trinajstić information content (AvgIpc) is 3.00. The molecule has 5 nitrogen and oxygen atoms in total. The Hall–Kier alpha value is -2.57. The molecule has 1 amide bonds. The monoisotopic (exact) mass is 353 g/mol. The Balaban J connectivity index is 2.13. The summed E-state index contributed by atoms with van der Waals surface area (Å²) in [6, 6.07) is 11.8. The Morgan fingerprint density at radius 1 is 1.24 bits per heavy atom. The average molecular weight is 353 g/mol. The summed E-state index contributed by atoms with van der Waals surface area (Å²) in [7, 11) is 0. The number of aromatic nitrogens is 2. The molecule has 1 aromatic carbocycles. The van der Waals surface area contributed by atoms with E-state index in [1.54, 1.807) is 13.1 Å². The molecule has 0 bridgehead atoms. The van der Waals surface area contributed by atoms with Gasteiger partial charge in [-0.05, 0) is 37.6 Å². The highest BCUT2D eigenvalue weighted by Gasteiger charge is 2.18. The van der Waals surface area contributed by atoms with Crippen LogP contribution in [-0.4, -0.2) is 21.0 Å². The molecule has 0 aliphatic rings. The lowest BCUT2D eigenvalue weighted by Gasteiger charge is -2.06. The third kappa shape index (κ3) is 3.92. The van der Waals surface area contributed by atoms with Gasteiger partial charge in [-0.15, -0.1) is 11.3 Å². The summed E-state index contributed by atoms with van der Waals surface area (Å²) in [4.78, 5) is 21.0. The van der Waals surface area contributed by atoms with E-state index in [4.69, 9.17) is 0 Å². The number of nitrogens with zero attached hydrogens (tertiary/aromatic N) is 2. The van der Waals surface area contributed by atoms with Gasteiger partial charge in [-0.1, -0.05) is 23.8 Å². The van der Waals surface area contributed by atoms with Crippen LogP contribution in [0.2, 0.25) is 0 Å². The van der Waals surface area contributed by atoms with Crippen molar-refractivity contribution in [2.45, 2.75) is 26.9 Å². The second kappa shape index (κ2) is 7.13. The van der Waals surface area contributed by atoms with E-state index < -0.39 is 6.10 Å². The highest BCUT2D eigenvalue weighted by molar-refractivity contribution is 7.15. The summed E-state index contributed by atoms with van der Waals surface area (Å²) in [5.74, 6) is 0.324. The lowest BCUT2D eigenvalue weighted by atomic mass is 10.1. The predicted molar refractivity (Wildman–Crippen MR) is 100 cm³/mol. The van der Waals surface area contributed by atoms with Crippen LogP contribution in [0.5, 0.6) is 0 Å². The number of carbonyl (C=O) groups is 1. The number of rotatable bonds is 4. The molecule has 2 heterocycles. The molecule has 0 aliphatic heterocycles. The summed E-state index contributed by atoms with van der Waals surface area (Å²) in [6.45, 7) is 5.19. The number of benzene rings is 1. The fourth-order valence-corrected chi connectivity index (χ4v) is 3.54. The molecule has 0 fully saturated rings. The van der Waals surface area contributed by atoms with Gasteiger partial charge in [0.05, 0.1) is 10.6 Å². The lowest BCUT2D eigenvalue weighted by molar-refractivity contribution is -0.114. The topological polar surface area (TPSA) is 75.1 Å². The molecule has 0 saturated carbocycles. The first kappa shape index (κ1) is 17.3. The smallest absolute Gasteiger partial charge is 0.222 e. The Morgan fingerprint density at radius 3 is 2.72 bits per heavy atom. The number of aryl methyl sites for hydroxylation is 1. The van der Waals surface area contributed by atoms with Crippen molar-refractivity contribution in [2.75, 3.05) is 5.32 Å². The van der Waals surface area contributed by atoms with E-state index in [1.165, 1.54) is 18.3 Å². The van der Waals surface area contributed by atoms with Crippen LogP contribution in [0.15, 0.2) is 42.6 Å². The van der Waals surface area contributed by atoms with Crippen molar-refractivity contribution in [3.63, 3.8) is 0 Å². The molecule has 6 heteroatoms. The molecule has 25 heavy (non-hydrogen) atoms. The van der Waals surface area contributed by atoms with Crippen LogP contribution < -0.4 is 5.32 Å². The molecule has 2 aromatic heterocycles. The van der Waals surface area contributed by atoms with Crippen molar-refractivity contribution < 1.29 is 9.90 Å². The molecule has 0 unspecified atom stereocenters. The van der Waals surface area contributed by atoms with Gasteiger partial charge in [0.1, 0.15) is 16.9 Å². The van der Waals surface area contributed by atoms with Crippen LogP contribution in [-0.2, 0) is 4.79 Å². The zero-order valence-electron chi connectivity index (χ0n) is 14.3. The largest absolute Gasteiger partial charge is 0.386 e. The molecular weight excluding hydrogens is 334 g/mol. The Morgan fingerprint density at radius 2 is 2.04 bits per heavy atom. The standard InChI is InChI=1S/C19H19N3O2S/c1-11-5-4-6-14(9-11)17-18(25-19(22-17)12(2)23)15-7-8-20-16(10-15)21-13(3)24/h4-10,12,23H,1-3H3,(H,20,21,24)/t12-/m0/s1. The van der Waals surface area contributed by atoms with E-state index >= 15 is 0 Å². The van der Waals surface area contributed by atoms with Gasteiger partial charge in [0.2, 0.25) is 5.91 Å². The van der Waals surface area contributed by atoms with Gasteiger partial charge >= 0.3 is 0 Å². The number of nitrogens with one attached hydrogen (secondary N) is 1. The molecule has 0 aliphatic carbocycles. The molecule has 0 spiro atoms. The van der Waals surface area contributed by atoms with Gasteiger partial charge in [-0.3, -0.25) is 4.79 Å². The molecule has 3 aromatic rings. The van der Waals surface area contributed by atoms with Crippen LogP contribution in [0.25, 0.3) is 21.7 Å². The Kier molecular flexibility index (Phi) is 4.92. The first-order valence-electron chi connectivity index (χ1n) is 7.94. The number of carbonyl (C=O) groups excluding carboxylic acids is 1. The maximum atomic E-state index is 11.3. The number of anilines is 1. The van der Waals surface area contributed by atoms with Crippen LogP contribution in [0.4, 0.5) is 5.82 Å². The van der Waals surface area contributed by atoms with Gasteiger partial charge in [0.15, 0.2) is 0 Å². The maximum absolute atomic E-state index is 11.3. The van der Waals surface area contributed by atoms with E-state index in [9.17, 15) is 9.90 Å². The Labute approximate surface area is 150 Å². The van der Waals surface area contributed by atoms with Crippen LogP contribution >= 0.6 is 11.3 Å². The van der Waals surface area contributed by atoms with Crippen LogP contribution in [0.3, 0.4) is 0 Å². The van der Waals surface area contributed by atoms with Gasteiger partial charge in [0, 0.05) is 18.7 Å². The van der Waals surface area contributed by atoms with Crippen molar-refractivity contribution in [1.29, 1.82) is 0 Å². The molecular formula is C19H19N3O2S.